The standard InChI is InChI=1S/C16H24N2O2S/c19-15(10-13-11-20-8-7-17-13)18-16(12-4-1-2-5-12)14-6-3-9-21-14/h3,6,9,12-13,16-17H,1-2,4-5,7-8,10-11H2,(H,18,19). The Balaban J connectivity index is 1.59. The summed E-state index contributed by atoms with van der Waals surface area (Å²) in [4.78, 5) is 13.7. The Bertz CT molecular complexity index is 437. The molecule has 1 aliphatic heterocycles. The first-order chi connectivity index (χ1) is 10.3. The summed E-state index contributed by atoms with van der Waals surface area (Å²) >= 11 is 1.75. The molecule has 1 amide bonds. The van der Waals surface area contributed by atoms with Crippen molar-refractivity contribution in [1.29, 1.82) is 0 Å². The fraction of sp³-hybridized carbons (Fsp3) is 0.688. The summed E-state index contributed by atoms with van der Waals surface area (Å²) in [7, 11) is 0. The van der Waals surface area contributed by atoms with Gasteiger partial charge in [-0.15, -0.1) is 11.3 Å². The van der Waals surface area contributed by atoms with Crippen LogP contribution in [-0.4, -0.2) is 31.7 Å². The summed E-state index contributed by atoms with van der Waals surface area (Å²) in [5.41, 5.74) is 0. The number of carbonyl (C=O) groups is 1. The number of thiophene rings is 1. The zero-order chi connectivity index (χ0) is 14.5. The Hall–Kier alpha value is -0.910. The van der Waals surface area contributed by atoms with E-state index in [0.29, 0.717) is 18.9 Å². The van der Waals surface area contributed by atoms with Crippen molar-refractivity contribution >= 4 is 17.2 Å². The molecule has 1 aromatic rings. The van der Waals surface area contributed by atoms with Gasteiger partial charge in [-0.25, -0.2) is 0 Å². The van der Waals surface area contributed by atoms with Crippen molar-refractivity contribution in [2.45, 2.75) is 44.2 Å². The number of ether oxygens (including phenoxy) is 1. The Labute approximate surface area is 130 Å². The molecule has 1 saturated heterocycles. The van der Waals surface area contributed by atoms with Gasteiger partial charge < -0.3 is 15.4 Å². The van der Waals surface area contributed by atoms with Crippen molar-refractivity contribution in [2.75, 3.05) is 19.8 Å². The Kier molecular flexibility index (Phi) is 5.27. The van der Waals surface area contributed by atoms with E-state index in [2.05, 4.69) is 28.1 Å². The van der Waals surface area contributed by atoms with Gasteiger partial charge in [-0.1, -0.05) is 18.9 Å². The van der Waals surface area contributed by atoms with Crippen molar-refractivity contribution in [3.63, 3.8) is 0 Å². The van der Waals surface area contributed by atoms with E-state index in [-0.39, 0.29) is 18.0 Å². The molecule has 0 bridgehead atoms. The number of hydrogen-bond acceptors (Lipinski definition) is 4. The fourth-order valence-electron chi connectivity index (χ4n) is 3.39. The van der Waals surface area contributed by atoms with Gasteiger partial charge in [-0.05, 0) is 30.2 Å². The third kappa shape index (κ3) is 4.05. The molecule has 4 nitrogen and oxygen atoms in total. The van der Waals surface area contributed by atoms with Crippen LogP contribution in [0, 0.1) is 5.92 Å². The van der Waals surface area contributed by atoms with Gasteiger partial charge in [0.25, 0.3) is 0 Å². The molecule has 2 atom stereocenters. The molecule has 2 aliphatic rings. The topological polar surface area (TPSA) is 50.4 Å². The molecule has 0 aromatic carbocycles. The number of rotatable bonds is 5. The molecule has 0 radical (unpaired) electrons. The minimum Gasteiger partial charge on any atom is -0.378 e. The summed E-state index contributed by atoms with van der Waals surface area (Å²) in [6, 6.07) is 4.58. The van der Waals surface area contributed by atoms with Crippen molar-refractivity contribution in [3.8, 4) is 0 Å². The van der Waals surface area contributed by atoms with Crippen LogP contribution in [0.15, 0.2) is 17.5 Å². The molecule has 2 heterocycles. The van der Waals surface area contributed by atoms with E-state index in [9.17, 15) is 4.79 Å². The van der Waals surface area contributed by atoms with E-state index >= 15 is 0 Å². The largest absolute Gasteiger partial charge is 0.378 e. The highest BCUT2D eigenvalue weighted by molar-refractivity contribution is 7.10. The van der Waals surface area contributed by atoms with Gasteiger partial charge >= 0.3 is 0 Å². The minimum absolute atomic E-state index is 0.142. The van der Waals surface area contributed by atoms with Crippen LogP contribution in [0.4, 0.5) is 0 Å². The Morgan fingerprint density at radius 2 is 2.33 bits per heavy atom. The van der Waals surface area contributed by atoms with Crippen LogP contribution >= 0.6 is 11.3 Å². The van der Waals surface area contributed by atoms with Gasteiger partial charge in [0.15, 0.2) is 0 Å². The lowest BCUT2D eigenvalue weighted by Crippen LogP contribution is -2.45. The molecule has 1 aromatic heterocycles. The van der Waals surface area contributed by atoms with Crippen LogP contribution in [-0.2, 0) is 9.53 Å². The number of hydrogen-bond donors (Lipinski definition) is 2. The number of nitrogens with one attached hydrogen (secondary N) is 2. The van der Waals surface area contributed by atoms with Crippen molar-refractivity contribution in [1.82, 2.24) is 10.6 Å². The van der Waals surface area contributed by atoms with Gasteiger partial charge in [-0.3, -0.25) is 4.79 Å². The van der Waals surface area contributed by atoms with Gasteiger partial charge in [0.05, 0.1) is 19.3 Å². The number of carbonyl (C=O) groups excluding carboxylic acids is 1. The normalized spacial score (nSPS) is 24.9. The zero-order valence-corrected chi connectivity index (χ0v) is 13.2. The first-order valence-electron chi connectivity index (χ1n) is 7.97. The van der Waals surface area contributed by atoms with Crippen molar-refractivity contribution in [3.05, 3.63) is 22.4 Å². The molecule has 1 saturated carbocycles. The highest BCUT2D eigenvalue weighted by Gasteiger charge is 2.29. The number of morpholine rings is 1. The molecule has 2 unspecified atom stereocenters. The van der Waals surface area contributed by atoms with Crippen LogP contribution in [0.2, 0.25) is 0 Å². The third-order valence-electron chi connectivity index (χ3n) is 4.47. The smallest absolute Gasteiger partial charge is 0.222 e. The minimum atomic E-state index is 0.142. The lowest BCUT2D eigenvalue weighted by Gasteiger charge is -2.27. The first kappa shape index (κ1) is 15.0. The molecule has 116 valence electrons. The molecule has 1 aliphatic carbocycles. The highest BCUT2D eigenvalue weighted by Crippen LogP contribution is 2.37. The predicted octanol–water partition coefficient (Wildman–Crippen LogP) is 2.47. The van der Waals surface area contributed by atoms with Gasteiger partial charge in [0.1, 0.15) is 0 Å². The lowest BCUT2D eigenvalue weighted by molar-refractivity contribution is -0.123. The molecule has 3 rings (SSSR count). The molecule has 2 fully saturated rings. The summed E-state index contributed by atoms with van der Waals surface area (Å²) in [6.45, 7) is 2.23. The van der Waals surface area contributed by atoms with Crippen LogP contribution in [0.5, 0.6) is 0 Å². The quantitative estimate of drug-likeness (QED) is 0.878. The Morgan fingerprint density at radius 3 is 3.00 bits per heavy atom. The van der Waals surface area contributed by atoms with Crippen LogP contribution in [0.25, 0.3) is 0 Å². The SMILES string of the molecule is O=C(CC1COCCN1)NC(c1cccs1)C1CCCC1. The van der Waals surface area contributed by atoms with Crippen LogP contribution < -0.4 is 10.6 Å². The average molecular weight is 308 g/mol. The molecule has 5 heteroatoms. The van der Waals surface area contributed by atoms with E-state index in [1.54, 1.807) is 11.3 Å². The summed E-state index contributed by atoms with van der Waals surface area (Å²) in [5, 5.41) is 8.73. The maximum Gasteiger partial charge on any atom is 0.222 e. The second kappa shape index (κ2) is 7.38. The van der Waals surface area contributed by atoms with Gasteiger partial charge in [0, 0.05) is 23.9 Å². The third-order valence-corrected chi connectivity index (χ3v) is 5.42. The van der Waals surface area contributed by atoms with Crippen LogP contribution in [0.3, 0.4) is 0 Å². The predicted molar refractivity (Wildman–Crippen MR) is 84.4 cm³/mol. The molecule has 0 spiro atoms. The second-order valence-corrected chi connectivity index (χ2v) is 7.01. The Morgan fingerprint density at radius 1 is 1.48 bits per heavy atom. The molecule has 21 heavy (non-hydrogen) atoms. The molecular formula is C16H24N2O2S. The lowest BCUT2D eigenvalue weighted by atomic mass is 9.96. The number of amides is 1. The summed E-state index contributed by atoms with van der Waals surface area (Å²) in [5.74, 6) is 0.742. The van der Waals surface area contributed by atoms with E-state index in [0.717, 1.165) is 13.2 Å². The monoisotopic (exact) mass is 308 g/mol. The molecular weight excluding hydrogens is 284 g/mol. The maximum absolute atomic E-state index is 12.4. The first-order valence-corrected chi connectivity index (χ1v) is 8.85. The van der Waals surface area contributed by atoms with Crippen molar-refractivity contribution < 1.29 is 9.53 Å². The zero-order valence-electron chi connectivity index (χ0n) is 12.3. The summed E-state index contributed by atoms with van der Waals surface area (Å²) < 4.78 is 5.42. The van der Waals surface area contributed by atoms with Gasteiger partial charge in [-0.2, -0.15) is 0 Å². The average Bonchev–Trinajstić information content (AvgIpc) is 3.19. The van der Waals surface area contributed by atoms with E-state index in [4.69, 9.17) is 4.74 Å². The van der Waals surface area contributed by atoms with E-state index in [1.807, 2.05) is 0 Å². The molecule has 2 N–H and O–H groups in total. The van der Waals surface area contributed by atoms with Gasteiger partial charge in [0.2, 0.25) is 5.91 Å². The highest BCUT2D eigenvalue weighted by atomic mass is 32.1. The second-order valence-electron chi connectivity index (χ2n) is 6.04. The van der Waals surface area contributed by atoms with E-state index in [1.165, 1.54) is 30.6 Å². The van der Waals surface area contributed by atoms with E-state index < -0.39 is 0 Å². The summed E-state index contributed by atoms with van der Waals surface area (Å²) in [6.07, 6.45) is 5.55. The fourth-order valence-corrected chi connectivity index (χ4v) is 4.26. The maximum atomic E-state index is 12.4. The van der Waals surface area contributed by atoms with Crippen LogP contribution in [0.1, 0.15) is 43.0 Å². The van der Waals surface area contributed by atoms with Crippen molar-refractivity contribution in [2.24, 2.45) is 5.92 Å².